The standard InChI is InChI=1S/C15H15F2N5O2/c1-23-9-4-2-3-8-11(9)19-14(18)22-13(8)20-12(21-22)10-7-15(16,17)5-6-24-10/h2-4,10H,5-7H2,1H3,(H2,18,19)/t10-/m1/s1. The molecule has 0 saturated carbocycles. The molecule has 1 aliphatic heterocycles. The van der Waals surface area contributed by atoms with Gasteiger partial charge in [-0.05, 0) is 12.1 Å². The number of nitrogens with two attached hydrogens (primary N) is 1. The van der Waals surface area contributed by atoms with Crippen LogP contribution >= 0.6 is 0 Å². The number of hydrogen-bond donors (Lipinski definition) is 1. The number of benzene rings is 1. The number of para-hydroxylation sites is 1. The van der Waals surface area contributed by atoms with Gasteiger partial charge in [0.2, 0.25) is 5.95 Å². The van der Waals surface area contributed by atoms with Crippen LogP contribution in [-0.2, 0) is 4.74 Å². The Morgan fingerprint density at radius 3 is 2.96 bits per heavy atom. The predicted octanol–water partition coefficient (Wildman–Crippen LogP) is 2.36. The summed E-state index contributed by atoms with van der Waals surface area (Å²) in [4.78, 5) is 8.67. The van der Waals surface area contributed by atoms with Crippen LogP contribution in [0.1, 0.15) is 24.8 Å². The van der Waals surface area contributed by atoms with E-state index in [1.807, 2.05) is 0 Å². The fourth-order valence-electron chi connectivity index (χ4n) is 2.89. The summed E-state index contributed by atoms with van der Waals surface area (Å²) in [5, 5.41) is 4.90. The van der Waals surface area contributed by atoms with Crippen molar-refractivity contribution in [3.05, 3.63) is 24.0 Å². The molecular weight excluding hydrogens is 320 g/mol. The Morgan fingerprint density at radius 1 is 1.38 bits per heavy atom. The summed E-state index contributed by atoms with van der Waals surface area (Å²) in [7, 11) is 1.53. The monoisotopic (exact) mass is 335 g/mol. The van der Waals surface area contributed by atoms with E-state index >= 15 is 0 Å². The van der Waals surface area contributed by atoms with Crippen molar-refractivity contribution in [3.8, 4) is 5.75 Å². The molecule has 1 saturated heterocycles. The van der Waals surface area contributed by atoms with Gasteiger partial charge in [-0.3, -0.25) is 0 Å². The van der Waals surface area contributed by atoms with Gasteiger partial charge in [-0.1, -0.05) is 6.07 Å². The van der Waals surface area contributed by atoms with Gasteiger partial charge in [0.1, 0.15) is 17.4 Å². The van der Waals surface area contributed by atoms with Gasteiger partial charge in [0, 0.05) is 18.2 Å². The molecule has 1 aliphatic rings. The maximum atomic E-state index is 13.6. The van der Waals surface area contributed by atoms with Crippen LogP contribution in [0.15, 0.2) is 18.2 Å². The van der Waals surface area contributed by atoms with E-state index in [4.69, 9.17) is 15.2 Å². The first-order valence-electron chi connectivity index (χ1n) is 7.47. The number of rotatable bonds is 2. The molecule has 0 aliphatic carbocycles. The zero-order valence-electron chi connectivity index (χ0n) is 12.9. The molecule has 0 amide bonds. The summed E-state index contributed by atoms with van der Waals surface area (Å²) >= 11 is 0. The molecule has 3 aromatic rings. The molecule has 0 radical (unpaired) electrons. The minimum atomic E-state index is -2.78. The Labute approximate surface area is 135 Å². The van der Waals surface area contributed by atoms with E-state index in [1.165, 1.54) is 11.6 Å². The minimum Gasteiger partial charge on any atom is -0.494 e. The van der Waals surface area contributed by atoms with Gasteiger partial charge in [0.05, 0.1) is 13.7 Å². The van der Waals surface area contributed by atoms with E-state index in [0.717, 1.165) is 0 Å². The lowest BCUT2D eigenvalue weighted by molar-refractivity contribution is -0.131. The van der Waals surface area contributed by atoms with Crippen LogP contribution in [0, 0.1) is 0 Å². The Bertz CT molecular complexity index is 927. The quantitative estimate of drug-likeness (QED) is 0.773. The number of hydrogen-bond acceptors (Lipinski definition) is 6. The van der Waals surface area contributed by atoms with Crippen LogP contribution < -0.4 is 10.5 Å². The van der Waals surface area contributed by atoms with E-state index in [0.29, 0.717) is 22.3 Å². The summed E-state index contributed by atoms with van der Waals surface area (Å²) in [5.41, 5.74) is 6.92. The molecule has 3 heterocycles. The number of aromatic nitrogens is 4. The molecule has 0 unspecified atom stereocenters. The molecule has 7 nitrogen and oxygen atoms in total. The van der Waals surface area contributed by atoms with Gasteiger partial charge in [-0.25, -0.2) is 18.7 Å². The van der Waals surface area contributed by atoms with Gasteiger partial charge >= 0.3 is 0 Å². The molecule has 9 heteroatoms. The zero-order chi connectivity index (χ0) is 16.9. The summed E-state index contributed by atoms with van der Waals surface area (Å²) in [6.07, 6.45) is -1.60. The number of nitrogen functional groups attached to an aromatic ring is 1. The Balaban J connectivity index is 1.89. The maximum absolute atomic E-state index is 13.6. The highest BCUT2D eigenvalue weighted by Crippen LogP contribution is 2.37. The van der Waals surface area contributed by atoms with Crippen molar-refractivity contribution < 1.29 is 18.3 Å². The molecule has 1 aromatic carbocycles. The lowest BCUT2D eigenvalue weighted by Gasteiger charge is -2.27. The second kappa shape index (κ2) is 5.23. The number of fused-ring (bicyclic) bond motifs is 3. The number of anilines is 1. The van der Waals surface area contributed by atoms with Gasteiger partial charge in [-0.15, -0.1) is 5.10 Å². The topological polar surface area (TPSA) is 87.6 Å². The maximum Gasteiger partial charge on any atom is 0.253 e. The van der Waals surface area contributed by atoms with Gasteiger partial charge in [0.25, 0.3) is 5.92 Å². The van der Waals surface area contributed by atoms with Crippen LogP contribution in [0.2, 0.25) is 0 Å². The van der Waals surface area contributed by atoms with Crippen LogP contribution in [0.3, 0.4) is 0 Å². The minimum absolute atomic E-state index is 0.0322. The highest BCUT2D eigenvalue weighted by Gasteiger charge is 2.39. The molecule has 24 heavy (non-hydrogen) atoms. The molecule has 1 fully saturated rings. The third-order valence-electron chi connectivity index (χ3n) is 4.09. The lowest BCUT2D eigenvalue weighted by Crippen LogP contribution is -2.29. The lowest BCUT2D eigenvalue weighted by atomic mass is 10.0. The smallest absolute Gasteiger partial charge is 0.253 e. The SMILES string of the molecule is COc1cccc2c1nc(N)n1nc([C@H]3CC(F)(F)CCO3)nc21. The summed E-state index contributed by atoms with van der Waals surface area (Å²) in [6.45, 7) is -0.0322. The molecule has 0 spiro atoms. The average Bonchev–Trinajstić information content (AvgIpc) is 3.00. The van der Waals surface area contributed by atoms with Crippen molar-refractivity contribution >= 4 is 22.5 Å². The molecule has 4 rings (SSSR count). The molecule has 2 aromatic heterocycles. The van der Waals surface area contributed by atoms with E-state index in [2.05, 4.69) is 15.1 Å². The van der Waals surface area contributed by atoms with Crippen molar-refractivity contribution in [2.24, 2.45) is 0 Å². The van der Waals surface area contributed by atoms with Crippen LogP contribution in [0.5, 0.6) is 5.75 Å². The largest absolute Gasteiger partial charge is 0.494 e. The number of nitrogens with zero attached hydrogens (tertiary/aromatic N) is 4. The van der Waals surface area contributed by atoms with Crippen LogP contribution in [-0.4, -0.2) is 39.2 Å². The van der Waals surface area contributed by atoms with Crippen molar-refractivity contribution in [2.45, 2.75) is 24.9 Å². The van der Waals surface area contributed by atoms with Crippen molar-refractivity contribution in [2.75, 3.05) is 19.5 Å². The summed E-state index contributed by atoms with van der Waals surface area (Å²) in [5.74, 6) is -1.96. The first kappa shape index (κ1) is 15.0. The molecular formula is C15H15F2N5O2. The highest BCUT2D eigenvalue weighted by atomic mass is 19.3. The fourth-order valence-corrected chi connectivity index (χ4v) is 2.89. The Kier molecular flexibility index (Phi) is 3.27. The number of halogens is 2. The van der Waals surface area contributed by atoms with Crippen molar-refractivity contribution in [1.82, 2.24) is 19.6 Å². The fraction of sp³-hybridized carbons (Fsp3) is 0.400. The zero-order valence-corrected chi connectivity index (χ0v) is 12.9. The van der Waals surface area contributed by atoms with E-state index in [1.54, 1.807) is 18.2 Å². The summed E-state index contributed by atoms with van der Waals surface area (Å²) < 4.78 is 39.3. The number of alkyl halides is 2. The molecule has 0 bridgehead atoms. The van der Waals surface area contributed by atoms with Gasteiger partial charge < -0.3 is 15.2 Å². The first-order valence-corrected chi connectivity index (χ1v) is 7.47. The van der Waals surface area contributed by atoms with Crippen molar-refractivity contribution in [3.63, 3.8) is 0 Å². The number of ether oxygens (including phenoxy) is 2. The first-order chi connectivity index (χ1) is 11.5. The Hall–Kier alpha value is -2.55. The second-order valence-electron chi connectivity index (χ2n) is 5.70. The Morgan fingerprint density at radius 2 is 2.21 bits per heavy atom. The highest BCUT2D eigenvalue weighted by molar-refractivity contribution is 5.95. The second-order valence-corrected chi connectivity index (χ2v) is 5.70. The normalized spacial score (nSPS) is 20.5. The van der Waals surface area contributed by atoms with E-state index in [-0.39, 0.29) is 24.8 Å². The third-order valence-corrected chi connectivity index (χ3v) is 4.09. The van der Waals surface area contributed by atoms with Gasteiger partial charge in [0.15, 0.2) is 11.5 Å². The molecule has 2 N–H and O–H groups in total. The molecule has 1 atom stereocenters. The average molecular weight is 335 g/mol. The summed E-state index contributed by atoms with van der Waals surface area (Å²) in [6, 6.07) is 5.35. The third kappa shape index (κ3) is 2.32. The van der Waals surface area contributed by atoms with Crippen LogP contribution in [0.25, 0.3) is 16.6 Å². The molecule has 126 valence electrons. The van der Waals surface area contributed by atoms with E-state index in [9.17, 15) is 8.78 Å². The van der Waals surface area contributed by atoms with Crippen molar-refractivity contribution in [1.29, 1.82) is 0 Å². The van der Waals surface area contributed by atoms with Gasteiger partial charge in [-0.2, -0.15) is 4.52 Å². The van der Waals surface area contributed by atoms with E-state index < -0.39 is 18.4 Å². The number of methoxy groups -OCH3 is 1. The van der Waals surface area contributed by atoms with Crippen LogP contribution in [0.4, 0.5) is 14.7 Å². The predicted molar refractivity (Wildman–Crippen MR) is 82.1 cm³/mol.